The number of sulfonamides is 1. The highest BCUT2D eigenvalue weighted by Gasteiger charge is 2.18. The van der Waals surface area contributed by atoms with Crippen molar-refractivity contribution in [3.05, 3.63) is 29.8 Å². The largest absolute Gasteiger partial charge is 0.339 e. The molecule has 0 aliphatic rings. The highest BCUT2D eigenvalue weighted by molar-refractivity contribution is 7.89. The second kappa shape index (κ2) is 8.14. The van der Waals surface area contributed by atoms with Gasteiger partial charge in [-0.2, -0.15) is 0 Å². The Kier molecular flexibility index (Phi) is 6.84. The van der Waals surface area contributed by atoms with Gasteiger partial charge in [0, 0.05) is 25.2 Å². The van der Waals surface area contributed by atoms with Crippen LogP contribution in [-0.4, -0.2) is 38.9 Å². The third-order valence-corrected chi connectivity index (χ3v) is 4.72. The molecule has 0 saturated heterocycles. The molecule has 21 heavy (non-hydrogen) atoms. The van der Waals surface area contributed by atoms with Gasteiger partial charge in [-0.3, -0.25) is 4.79 Å². The number of amides is 1. The summed E-state index contributed by atoms with van der Waals surface area (Å²) in [6.45, 7) is 7.34. The molecular weight excluding hydrogens is 288 g/mol. The minimum atomic E-state index is -3.54. The highest BCUT2D eigenvalue weighted by atomic mass is 32.2. The third-order valence-electron chi connectivity index (χ3n) is 3.18. The van der Waals surface area contributed by atoms with E-state index in [1.54, 1.807) is 24.0 Å². The molecule has 6 heteroatoms. The summed E-state index contributed by atoms with van der Waals surface area (Å²) in [4.78, 5) is 14.3. The maximum atomic E-state index is 12.4. The van der Waals surface area contributed by atoms with Crippen molar-refractivity contribution >= 4 is 15.9 Å². The van der Waals surface area contributed by atoms with Crippen molar-refractivity contribution in [2.75, 3.05) is 19.6 Å². The van der Waals surface area contributed by atoms with Gasteiger partial charge in [0.15, 0.2) is 0 Å². The smallest absolute Gasteiger partial charge is 0.253 e. The van der Waals surface area contributed by atoms with Crippen LogP contribution in [0.25, 0.3) is 0 Å². The normalized spacial score (nSPS) is 11.4. The zero-order valence-corrected chi connectivity index (χ0v) is 13.7. The number of nitrogens with zero attached hydrogens (tertiary/aromatic N) is 1. The predicted molar refractivity (Wildman–Crippen MR) is 83.8 cm³/mol. The van der Waals surface area contributed by atoms with Gasteiger partial charge in [0.25, 0.3) is 5.91 Å². The van der Waals surface area contributed by atoms with Gasteiger partial charge in [-0.1, -0.05) is 26.3 Å². The van der Waals surface area contributed by atoms with Crippen LogP contribution in [0.1, 0.15) is 44.0 Å². The van der Waals surface area contributed by atoms with Crippen molar-refractivity contribution in [1.82, 2.24) is 9.62 Å². The van der Waals surface area contributed by atoms with Gasteiger partial charge in [-0.15, -0.1) is 0 Å². The molecule has 0 bridgehead atoms. The van der Waals surface area contributed by atoms with Gasteiger partial charge in [0.05, 0.1) is 4.90 Å². The van der Waals surface area contributed by atoms with E-state index in [4.69, 9.17) is 0 Å². The summed E-state index contributed by atoms with van der Waals surface area (Å²) in [6.07, 6.45) is 1.95. The van der Waals surface area contributed by atoms with Crippen molar-refractivity contribution in [2.24, 2.45) is 0 Å². The maximum absolute atomic E-state index is 12.4. The van der Waals surface area contributed by atoms with Crippen molar-refractivity contribution in [2.45, 2.75) is 38.5 Å². The molecule has 1 amide bonds. The fraction of sp³-hybridized carbons (Fsp3) is 0.533. The number of nitrogens with one attached hydrogen (secondary N) is 1. The Balaban J connectivity index is 3.01. The molecule has 0 aromatic heterocycles. The zero-order chi connectivity index (χ0) is 15.9. The van der Waals surface area contributed by atoms with E-state index in [0.29, 0.717) is 25.2 Å². The molecule has 0 aliphatic carbocycles. The van der Waals surface area contributed by atoms with Crippen molar-refractivity contribution < 1.29 is 13.2 Å². The summed E-state index contributed by atoms with van der Waals surface area (Å²) < 4.78 is 26.4. The second-order valence-corrected chi connectivity index (χ2v) is 6.53. The summed E-state index contributed by atoms with van der Waals surface area (Å²) in [5, 5.41) is 0. The molecule has 5 nitrogen and oxygen atoms in total. The molecule has 0 spiro atoms. The van der Waals surface area contributed by atoms with E-state index in [-0.39, 0.29) is 10.8 Å². The highest BCUT2D eigenvalue weighted by Crippen LogP contribution is 2.13. The fourth-order valence-electron chi connectivity index (χ4n) is 2.00. The van der Waals surface area contributed by atoms with E-state index in [1.165, 1.54) is 12.1 Å². The SMILES string of the molecule is CCCCN(CC)C(=O)c1cccc(S(=O)(=O)NCC)c1. The third kappa shape index (κ3) is 4.82. The standard InChI is InChI=1S/C15H24N2O3S/c1-4-7-11-17(6-3)15(18)13-9-8-10-14(12-13)21(19,20)16-5-2/h8-10,12,16H,4-7,11H2,1-3H3. The van der Waals surface area contributed by atoms with Crippen LogP contribution < -0.4 is 4.72 Å². The van der Waals surface area contributed by atoms with E-state index in [9.17, 15) is 13.2 Å². The summed E-state index contributed by atoms with van der Waals surface area (Å²) in [6, 6.07) is 6.19. The number of carbonyl (C=O) groups excluding carboxylic acids is 1. The van der Waals surface area contributed by atoms with Gasteiger partial charge in [-0.25, -0.2) is 13.1 Å². The van der Waals surface area contributed by atoms with Crippen LogP contribution in [0.2, 0.25) is 0 Å². The molecular formula is C15H24N2O3S. The van der Waals surface area contributed by atoms with Crippen LogP contribution in [0.3, 0.4) is 0 Å². The number of hydrogen-bond donors (Lipinski definition) is 1. The van der Waals surface area contributed by atoms with Crippen LogP contribution >= 0.6 is 0 Å². The molecule has 1 N–H and O–H groups in total. The minimum Gasteiger partial charge on any atom is -0.339 e. The van der Waals surface area contributed by atoms with Gasteiger partial charge in [-0.05, 0) is 31.5 Å². The first-order chi connectivity index (χ1) is 9.96. The summed E-state index contributed by atoms with van der Waals surface area (Å²) in [7, 11) is -3.54. The van der Waals surface area contributed by atoms with Crippen LogP contribution in [0.4, 0.5) is 0 Å². The number of hydrogen-bond acceptors (Lipinski definition) is 3. The average molecular weight is 312 g/mol. The second-order valence-electron chi connectivity index (χ2n) is 4.77. The van der Waals surface area contributed by atoms with Crippen LogP contribution in [0, 0.1) is 0 Å². The van der Waals surface area contributed by atoms with E-state index >= 15 is 0 Å². The Morgan fingerprint density at radius 1 is 1.24 bits per heavy atom. The van der Waals surface area contributed by atoms with Crippen LogP contribution in [0.5, 0.6) is 0 Å². The van der Waals surface area contributed by atoms with Crippen molar-refractivity contribution in [3.8, 4) is 0 Å². The van der Waals surface area contributed by atoms with E-state index in [0.717, 1.165) is 12.8 Å². The summed E-state index contributed by atoms with van der Waals surface area (Å²) in [5.74, 6) is -0.125. The summed E-state index contributed by atoms with van der Waals surface area (Å²) in [5.41, 5.74) is 0.409. The molecule has 0 saturated carbocycles. The first kappa shape index (κ1) is 17.7. The Labute approximate surface area is 127 Å². The lowest BCUT2D eigenvalue weighted by atomic mass is 10.2. The van der Waals surface area contributed by atoms with Crippen molar-refractivity contribution in [3.63, 3.8) is 0 Å². The Hall–Kier alpha value is -1.40. The molecule has 0 fully saturated rings. The molecule has 1 aromatic carbocycles. The topological polar surface area (TPSA) is 66.5 Å². The minimum absolute atomic E-state index is 0.125. The zero-order valence-electron chi connectivity index (χ0n) is 12.9. The Bertz CT molecular complexity index is 570. The molecule has 118 valence electrons. The number of benzene rings is 1. The quantitative estimate of drug-likeness (QED) is 0.800. The van der Waals surface area contributed by atoms with E-state index in [2.05, 4.69) is 11.6 Å². The lowest BCUT2D eigenvalue weighted by Gasteiger charge is -2.21. The Morgan fingerprint density at radius 3 is 2.52 bits per heavy atom. The van der Waals surface area contributed by atoms with Crippen LogP contribution in [0.15, 0.2) is 29.2 Å². The lowest BCUT2D eigenvalue weighted by molar-refractivity contribution is 0.0762. The van der Waals surface area contributed by atoms with Gasteiger partial charge >= 0.3 is 0 Å². The molecule has 0 aliphatic heterocycles. The molecule has 0 radical (unpaired) electrons. The van der Waals surface area contributed by atoms with Gasteiger partial charge in [0.2, 0.25) is 10.0 Å². The maximum Gasteiger partial charge on any atom is 0.253 e. The fourth-order valence-corrected chi connectivity index (χ4v) is 3.09. The molecule has 0 unspecified atom stereocenters. The van der Waals surface area contributed by atoms with Crippen LogP contribution in [-0.2, 0) is 10.0 Å². The van der Waals surface area contributed by atoms with E-state index < -0.39 is 10.0 Å². The number of rotatable bonds is 8. The predicted octanol–water partition coefficient (Wildman–Crippen LogP) is 2.25. The number of unbranched alkanes of at least 4 members (excludes halogenated alkanes) is 1. The first-order valence-electron chi connectivity index (χ1n) is 7.35. The average Bonchev–Trinajstić information content (AvgIpc) is 2.48. The molecule has 1 rings (SSSR count). The molecule has 0 atom stereocenters. The van der Waals surface area contributed by atoms with E-state index in [1.807, 2.05) is 6.92 Å². The van der Waals surface area contributed by atoms with Gasteiger partial charge in [0.1, 0.15) is 0 Å². The Morgan fingerprint density at radius 2 is 1.95 bits per heavy atom. The first-order valence-corrected chi connectivity index (χ1v) is 8.83. The summed E-state index contributed by atoms with van der Waals surface area (Å²) >= 11 is 0. The van der Waals surface area contributed by atoms with Gasteiger partial charge < -0.3 is 4.90 Å². The van der Waals surface area contributed by atoms with Crippen molar-refractivity contribution in [1.29, 1.82) is 0 Å². The molecule has 1 aromatic rings. The monoisotopic (exact) mass is 312 g/mol. The lowest BCUT2D eigenvalue weighted by Crippen LogP contribution is -2.32. The number of carbonyl (C=O) groups is 1. The molecule has 0 heterocycles.